The van der Waals surface area contributed by atoms with E-state index in [9.17, 15) is 14.8 Å². The van der Waals surface area contributed by atoms with E-state index in [1.165, 1.54) is 18.2 Å². The summed E-state index contributed by atoms with van der Waals surface area (Å²) < 4.78 is 25.9. The van der Waals surface area contributed by atoms with E-state index in [1.54, 1.807) is 0 Å². The Morgan fingerprint density at radius 2 is 1.14 bits per heavy atom. The Bertz CT molecular complexity index is 977. The second kappa shape index (κ2) is 7.61. The monoisotopic (exact) mass is 398 g/mol. The highest BCUT2D eigenvalue weighted by Crippen LogP contribution is 2.52. The van der Waals surface area contributed by atoms with E-state index < -0.39 is 7.60 Å². The van der Waals surface area contributed by atoms with Crippen molar-refractivity contribution in [3.8, 4) is 23.0 Å². The molecular formula is C22H23O5P. The van der Waals surface area contributed by atoms with Gasteiger partial charge in [0, 0.05) is 6.07 Å². The molecule has 0 amide bonds. The third-order valence-electron chi connectivity index (χ3n) is 4.49. The summed E-state index contributed by atoms with van der Waals surface area (Å²) in [6, 6.07) is 14.9. The maximum Gasteiger partial charge on any atom is 0.466 e. The summed E-state index contributed by atoms with van der Waals surface area (Å²) in [5, 5.41) is 20.2. The van der Waals surface area contributed by atoms with Gasteiger partial charge >= 0.3 is 7.60 Å². The van der Waals surface area contributed by atoms with E-state index in [0.717, 1.165) is 22.3 Å². The Labute approximate surface area is 164 Å². The lowest BCUT2D eigenvalue weighted by Crippen LogP contribution is -2.17. The summed E-state index contributed by atoms with van der Waals surface area (Å²) in [5.74, 6) is 0.404. The zero-order valence-electron chi connectivity index (χ0n) is 16.3. The molecule has 0 unspecified atom stereocenters. The highest BCUT2D eigenvalue weighted by Gasteiger charge is 2.36. The molecule has 0 aliphatic carbocycles. The molecule has 0 spiro atoms. The van der Waals surface area contributed by atoms with E-state index in [-0.39, 0.29) is 16.8 Å². The summed E-state index contributed by atoms with van der Waals surface area (Å²) in [6.07, 6.45) is 0. The summed E-state index contributed by atoms with van der Waals surface area (Å²) in [4.78, 5) is 0. The van der Waals surface area contributed by atoms with Crippen LogP contribution in [0.3, 0.4) is 0 Å². The van der Waals surface area contributed by atoms with Crippen molar-refractivity contribution in [2.75, 3.05) is 0 Å². The zero-order chi connectivity index (χ0) is 20.5. The number of para-hydroxylation sites is 2. The molecule has 0 aromatic heterocycles. The number of hydrogen-bond donors (Lipinski definition) is 2. The standard InChI is InChI=1S/C22H23O5P/c1-14-7-5-8-15(2)21(14)26-28(25,20-13-18(23)11-12-19(20)24)27-22-16(3)9-6-10-17(22)4/h5-13,23-24H,1-4H3. The molecule has 0 atom stereocenters. The highest BCUT2D eigenvalue weighted by atomic mass is 31.2. The Balaban J connectivity index is 2.19. The molecule has 0 bridgehead atoms. The summed E-state index contributed by atoms with van der Waals surface area (Å²) in [5.41, 5.74) is 3.13. The van der Waals surface area contributed by atoms with Gasteiger partial charge in [0.15, 0.2) is 0 Å². The van der Waals surface area contributed by atoms with Crippen LogP contribution in [0.2, 0.25) is 0 Å². The minimum atomic E-state index is -4.10. The van der Waals surface area contributed by atoms with Gasteiger partial charge in [-0.15, -0.1) is 0 Å². The van der Waals surface area contributed by atoms with E-state index in [2.05, 4.69) is 0 Å². The SMILES string of the molecule is Cc1cccc(C)c1OP(=O)(Oc1c(C)cccc1C)c1cc(O)ccc1O. The molecule has 0 heterocycles. The van der Waals surface area contributed by atoms with E-state index in [0.29, 0.717) is 11.5 Å². The van der Waals surface area contributed by atoms with Crippen molar-refractivity contribution in [2.24, 2.45) is 0 Å². The largest absolute Gasteiger partial charge is 0.508 e. The molecular weight excluding hydrogens is 375 g/mol. The van der Waals surface area contributed by atoms with Crippen molar-refractivity contribution in [3.63, 3.8) is 0 Å². The molecule has 0 saturated carbocycles. The van der Waals surface area contributed by atoms with Crippen molar-refractivity contribution < 1.29 is 23.8 Å². The Hall–Kier alpha value is -2.91. The Kier molecular flexibility index (Phi) is 5.39. The van der Waals surface area contributed by atoms with Gasteiger partial charge in [-0.3, -0.25) is 0 Å². The van der Waals surface area contributed by atoms with Crippen LogP contribution in [0.25, 0.3) is 0 Å². The minimum Gasteiger partial charge on any atom is -0.508 e. The van der Waals surface area contributed by atoms with E-state index in [1.807, 2.05) is 64.1 Å². The van der Waals surface area contributed by atoms with Crippen molar-refractivity contribution >= 4 is 12.9 Å². The fourth-order valence-electron chi connectivity index (χ4n) is 2.97. The lowest BCUT2D eigenvalue weighted by atomic mass is 10.1. The average molecular weight is 398 g/mol. The second-order valence-electron chi connectivity index (χ2n) is 6.79. The number of hydrogen-bond acceptors (Lipinski definition) is 5. The highest BCUT2D eigenvalue weighted by molar-refractivity contribution is 7.63. The predicted octanol–water partition coefficient (Wildman–Crippen LogP) is 5.31. The summed E-state index contributed by atoms with van der Waals surface area (Å²) in [6.45, 7) is 7.37. The van der Waals surface area contributed by atoms with Crippen LogP contribution in [0, 0.1) is 27.7 Å². The second-order valence-corrected chi connectivity index (χ2v) is 8.64. The Morgan fingerprint density at radius 3 is 1.57 bits per heavy atom. The van der Waals surface area contributed by atoms with Gasteiger partial charge in [-0.05, 0) is 62.1 Å². The fraction of sp³-hybridized carbons (Fsp3) is 0.182. The first-order valence-corrected chi connectivity index (χ1v) is 10.4. The van der Waals surface area contributed by atoms with Gasteiger partial charge in [-0.1, -0.05) is 36.4 Å². The first-order chi connectivity index (χ1) is 13.2. The van der Waals surface area contributed by atoms with Crippen molar-refractivity contribution in [1.82, 2.24) is 0 Å². The number of aromatic hydroxyl groups is 2. The average Bonchev–Trinajstić information content (AvgIpc) is 2.64. The van der Waals surface area contributed by atoms with Crippen molar-refractivity contribution in [2.45, 2.75) is 27.7 Å². The maximum absolute atomic E-state index is 14.0. The quantitative estimate of drug-likeness (QED) is 0.450. The van der Waals surface area contributed by atoms with Gasteiger partial charge in [0.1, 0.15) is 28.3 Å². The number of phenolic OH excluding ortho intramolecular Hbond substituents is 2. The third kappa shape index (κ3) is 3.85. The van der Waals surface area contributed by atoms with Crippen LogP contribution >= 0.6 is 7.60 Å². The molecule has 3 aromatic rings. The maximum atomic E-state index is 14.0. The number of rotatable bonds is 5. The molecule has 0 fully saturated rings. The van der Waals surface area contributed by atoms with E-state index in [4.69, 9.17) is 9.05 Å². The lowest BCUT2D eigenvalue weighted by molar-refractivity contribution is 0.391. The molecule has 6 heteroatoms. The van der Waals surface area contributed by atoms with Crippen molar-refractivity contribution in [3.05, 3.63) is 76.9 Å². The first kappa shape index (κ1) is 19.8. The molecule has 2 N–H and O–H groups in total. The number of aryl methyl sites for hydroxylation is 4. The van der Waals surface area contributed by atoms with Gasteiger partial charge < -0.3 is 19.3 Å². The molecule has 0 saturated heterocycles. The van der Waals surface area contributed by atoms with Crippen LogP contribution in [0.15, 0.2) is 54.6 Å². The third-order valence-corrected chi connectivity index (χ3v) is 6.29. The fourth-order valence-corrected chi connectivity index (χ4v) is 4.91. The van der Waals surface area contributed by atoms with Gasteiger partial charge in [0.2, 0.25) is 0 Å². The molecule has 5 nitrogen and oxygen atoms in total. The molecule has 3 aromatic carbocycles. The van der Waals surface area contributed by atoms with Crippen LogP contribution in [-0.4, -0.2) is 10.2 Å². The lowest BCUT2D eigenvalue weighted by Gasteiger charge is -2.24. The molecule has 28 heavy (non-hydrogen) atoms. The van der Waals surface area contributed by atoms with E-state index >= 15 is 0 Å². The van der Waals surface area contributed by atoms with Crippen LogP contribution in [0.4, 0.5) is 0 Å². The zero-order valence-corrected chi connectivity index (χ0v) is 17.2. The summed E-state index contributed by atoms with van der Waals surface area (Å²) >= 11 is 0. The Morgan fingerprint density at radius 1 is 0.714 bits per heavy atom. The molecule has 0 radical (unpaired) electrons. The smallest absolute Gasteiger partial charge is 0.466 e. The minimum absolute atomic E-state index is 0.0993. The van der Waals surface area contributed by atoms with Crippen LogP contribution in [0.1, 0.15) is 22.3 Å². The van der Waals surface area contributed by atoms with Crippen molar-refractivity contribution in [1.29, 1.82) is 0 Å². The molecule has 146 valence electrons. The number of benzene rings is 3. The normalized spacial score (nSPS) is 11.3. The molecule has 0 aliphatic heterocycles. The summed E-state index contributed by atoms with van der Waals surface area (Å²) in [7, 11) is -4.10. The van der Waals surface area contributed by atoms with Gasteiger partial charge in [0.05, 0.1) is 0 Å². The topological polar surface area (TPSA) is 76.0 Å². The van der Waals surface area contributed by atoms with Crippen LogP contribution < -0.4 is 14.4 Å². The van der Waals surface area contributed by atoms with Crippen LogP contribution in [0.5, 0.6) is 23.0 Å². The van der Waals surface area contributed by atoms with Crippen LogP contribution in [-0.2, 0) is 4.57 Å². The molecule has 0 aliphatic rings. The first-order valence-electron chi connectivity index (χ1n) is 8.85. The number of phenols is 2. The van der Waals surface area contributed by atoms with Gasteiger partial charge in [0.25, 0.3) is 0 Å². The van der Waals surface area contributed by atoms with Gasteiger partial charge in [-0.25, -0.2) is 4.57 Å². The van der Waals surface area contributed by atoms with Gasteiger partial charge in [-0.2, -0.15) is 0 Å². The molecule has 3 rings (SSSR count). The predicted molar refractivity (Wildman–Crippen MR) is 110 cm³/mol.